The number of nitrogens with one attached hydrogen (secondary N) is 1. The first-order valence-electron chi connectivity index (χ1n) is 10.3. The zero-order chi connectivity index (χ0) is 20.4. The zero-order valence-electron chi connectivity index (χ0n) is 17.2. The molecule has 0 atom stereocenters. The van der Waals surface area contributed by atoms with Crippen LogP contribution in [-0.2, 0) is 10.2 Å². The highest BCUT2D eigenvalue weighted by Gasteiger charge is 2.54. The number of hydrogen-bond acceptors (Lipinski definition) is 4. The molecule has 1 aliphatic carbocycles. The van der Waals surface area contributed by atoms with Crippen LogP contribution < -0.4 is 10.2 Å². The van der Waals surface area contributed by atoms with Gasteiger partial charge in [-0.05, 0) is 57.4 Å². The first kappa shape index (κ1) is 19.2. The fourth-order valence-electron chi connectivity index (χ4n) is 3.78. The van der Waals surface area contributed by atoms with Crippen LogP contribution >= 0.6 is 0 Å². The van der Waals surface area contributed by atoms with Crippen molar-refractivity contribution in [3.63, 3.8) is 0 Å². The van der Waals surface area contributed by atoms with Gasteiger partial charge in [0.15, 0.2) is 5.76 Å². The largest absolute Gasteiger partial charge is 0.372 e. The van der Waals surface area contributed by atoms with E-state index in [-0.39, 0.29) is 5.91 Å². The molecule has 0 bridgehead atoms. The van der Waals surface area contributed by atoms with Crippen LogP contribution in [0.5, 0.6) is 0 Å². The molecule has 2 aromatic carbocycles. The molecule has 0 spiro atoms. The van der Waals surface area contributed by atoms with Gasteiger partial charge in [0.25, 0.3) is 0 Å². The molecule has 0 aliphatic heterocycles. The van der Waals surface area contributed by atoms with Gasteiger partial charge >= 0.3 is 0 Å². The number of aromatic nitrogens is 1. The van der Waals surface area contributed by atoms with E-state index in [2.05, 4.69) is 41.4 Å². The van der Waals surface area contributed by atoms with E-state index in [0.29, 0.717) is 11.5 Å². The second-order valence-corrected chi connectivity index (χ2v) is 7.65. The molecule has 0 saturated heterocycles. The van der Waals surface area contributed by atoms with Crippen LogP contribution in [0.1, 0.15) is 37.9 Å². The number of nitrogens with zero attached hydrogens (tertiary/aromatic N) is 2. The first-order valence-corrected chi connectivity index (χ1v) is 10.3. The molecule has 1 saturated carbocycles. The summed E-state index contributed by atoms with van der Waals surface area (Å²) in [5, 5.41) is 7.35. The molecule has 0 radical (unpaired) electrons. The van der Waals surface area contributed by atoms with Crippen LogP contribution in [0.3, 0.4) is 0 Å². The Kier molecular flexibility index (Phi) is 5.14. The number of amides is 1. The molecule has 29 heavy (non-hydrogen) atoms. The molecule has 1 aromatic heterocycles. The highest BCUT2D eigenvalue weighted by atomic mass is 16.5. The summed E-state index contributed by atoms with van der Waals surface area (Å²) in [4.78, 5) is 15.4. The van der Waals surface area contributed by atoms with Crippen molar-refractivity contribution in [3.05, 3.63) is 65.9 Å². The number of hydrogen-bond donors (Lipinski definition) is 1. The van der Waals surface area contributed by atoms with Gasteiger partial charge in [0.05, 0.1) is 11.1 Å². The summed E-state index contributed by atoms with van der Waals surface area (Å²) in [7, 11) is 0. The quantitative estimate of drug-likeness (QED) is 0.606. The van der Waals surface area contributed by atoms with Gasteiger partial charge in [0.1, 0.15) is 0 Å². The van der Waals surface area contributed by atoms with Gasteiger partial charge in [-0.3, -0.25) is 4.79 Å². The van der Waals surface area contributed by atoms with E-state index in [1.165, 1.54) is 5.69 Å². The van der Waals surface area contributed by atoms with Crippen molar-refractivity contribution >= 4 is 17.3 Å². The smallest absolute Gasteiger partial charge is 0.236 e. The lowest BCUT2D eigenvalue weighted by molar-refractivity contribution is -0.118. The molecule has 5 nitrogen and oxygen atoms in total. The summed E-state index contributed by atoms with van der Waals surface area (Å²) in [6, 6.07) is 17.9. The maximum Gasteiger partial charge on any atom is 0.236 e. The highest BCUT2D eigenvalue weighted by molar-refractivity contribution is 6.01. The van der Waals surface area contributed by atoms with Gasteiger partial charge < -0.3 is 14.7 Å². The maximum absolute atomic E-state index is 13.1. The van der Waals surface area contributed by atoms with Crippen molar-refractivity contribution in [1.29, 1.82) is 0 Å². The van der Waals surface area contributed by atoms with Gasteiger partial charge in [0, 0.05) is 36.1 Å². The van der Waals surface area contributed by atoms with E-state index >= 15 is 0 Å². The SMILES string of the molecule is CCN(CC)c1ccc(NC(=O)C2(c3cc(-c4ccccc4)on3)CC2)c(C)c1. The summed E-state index contributed by atoms with van der Waals surface area (Å²) in [6.45, 7) is 8.24. The van der Waals surface area contributed by atoms with Gasteiger partial charge in [-0.2, -0.15) is 0 Å². The second-order valence-electron chi connectivity index (χ2n) is 7.65. The monoisotopic (exact) mass is 389 g/mol. The normalized spacial score (nSPS) is 14.4. The molecule has 1 aliphatic rings. The molecular formula is C24H27N3O2. The number of rotatable bonds is 7. The summed E-state index contributed by atoms with van der Waals surface area (Å²) in [5.74, 6) is 0.684. The molecule has 5 heteroatoms. The van der Waals surface area contributed by atoms with Crippen molar-refractivity contribution in [2.75, 3.05) is 23.3 Å². The number of benzene rings is 2. The molecule has 3 aromatic rings. The Hall–Kier alpha value is -3.08. The average molecular weight is 389 g/mol. The zero-order valence-corrected chi connectivity index (χ0v) is 17.2. The van der Waals surface area contributed by atoms with Gasteiger partial charge in [-0.1, -0.05) is 35.5 Å². The van der Waals surface area contributed by atoms with Crippen LogP contribution in [0, 0.1) is 6.92 Å². The maximum atomic E-state index is 13.1. The fraction of sp³-hybridized carbons (Fsp3) is 0.333. The highest BCUT2D eigenvalue weighted by Crippen LogP contribution is 2.49. The third-order valence-electron chi connectivity index (χ3n) is 5.83. The van der Waals surface area contributed by atoms with Crippen LogP contribution in [0.4, 0.5) is 11.4 Å². The van der Waals surface area contributed by atoms with Crippen LogP contribution in [0.15, 0.2) is 59.1 Å². The number of carbonyl (C=O) groups is 1. The standard InChI is InChI=1S/C24H27N3O2/c1-4-27(5-2)19-11-12-20(17(3)15-19)25-23(28)24(13-14-24)22-16-21(29-26-22)18-9-7-6-8-10-18/h6-12,15-16H,4-5,13-14H2,1-3H3,(H,25,28). The second kappa shape index (κ2) is 7.74. The summed E-state index contributed by atoms with van der Waals surface area (Å²) in [5.41, 5.74) is 4.18. The lowest BCUT2D eigenvalue weighted by Gasteiger charge is -2.22. The Morgan fingerprint density at radius 1 is 1.10 bits per heavy atom. The third-order valence-corrected chi connectivity index (χ3v) is 5.83. The van der Waals surface area contributed by atoms with E-state index in [0.717, 1.165) is 42.7 Å². The summed E-state index contributed by atoms with van der Waals surface area (Å²) < 4.78 is 5.53. The molecule has 4 rings (SSSR count). The van der Waals surface area contributed by atoms with Gasteiger partial charge in [0.2, 0.25) is 5.91 Å². The minimum absolute atomic E-state index is 0.0101. The lowest BCUT2D eigenvalue weighted by atomic mass is 9.99. The molecular weight excluding hydrogens is 362 g/mol. The van der Waals surface area contributed by atoms with Crippen molar-refractivity contribution in [2.45, 2.75) is 39.0 Å². The lowest BCUT2D eigenvalue weighted by Crippen LogP contribution is -2.28. The minimum Gasteiger partial charge on any atom is -0.372 e. The number of aryl methyl sites for hydroxylation is 1. The van der Waals surface area contributed by atoms with Crippen LogP contribution in [-0.4, -0.2) is 24.2 Å². The summed E-state index contributed by atoms with van der Waals surface area (Å²) in [6.07, 6.45) is 1.58. The topological polar surface area (TPSA) is 58.4 Å². The Labute approximate surface area is 171 Å². The Morgan fingerprint density at radius 3 is 2.45 bits per heavy atom. The van der Waals surface area contributed by atoms with E-state index in [1.807, 2.05) is 49.4 Å². The number of anilines is 2. The Balaban J connectivity index is 1.52. The Bertz CT molecular complexity index is 1000. The van der Waals surface area contributed by atoms with Crippen molar-refractivity contribution < 1.29 is 9.32 Å². The molecule has 1 N–H and O–H groups in total. The van der Waals surface area contributed by atoms with Gasteiger partial charge in [-0.15, -0.1) is 0 Å². The van der Waals surface area contributed by atoms with Crippen molar-refractivity contribution in [3.8, 4) is 11.3 Å². The van der Waals surface area contributed by atoms with E-state index < -0.39 is 5.41 Å². The molecule has 1 heterocycles. The van der Waals surface area contributed by atoms with Crippen LogP contribution in [0.2, 0.25) is 0 Å². The van der Waals surface area contributed by atoms with Crippen LogP contribution in [0.25, 0.3) is 11.3 Å². The number of carbonyl (C=O) groups excluding carboxylic acids is 1. The van der Waals surface area contributed by atoms with E-state index in [4.69, 9.17) is 4.52 Å². The minimum atomic E-state index is -0.583. The summed E-state index contributed by atoms with van der Waals surface area (Å²) >= 11 is 0. The molecule has 1 amide bonds. The third kappa shape index (κ3) is 3.65. The van der Waals surface area contributed by atoms with Gasteiger partial charge in [-0.25, -0.2) is 0 Å². The Morgan fingerprint density at radius 2 is 1.83 bits per heavy atom. The van der Waals surface area contributed by atoms with E-state index in [9.17, 15) is 4.79 Å². The fourth-order valence-corrected chi connectivity index (χ4v) is 3.78. The van der Waals surface area contributed by atoms with Crippen molar-refractivity contribution in [2.24, 2.45) is 0 Å². The van der Waals surface area contributed by atoms with Crippen molar-refractivity contribution in [1.82, 2.24) is 5.16 Å². The molecule has 150 valence electrons. The first-order chi connectivity index (χ1) is 14.1. The predicted molar refractivity (Wildman–Crippen MR) is 116 cm³/mol. The average Bonchev–Trinajstić information content (AvgIpc) is 3.41. The van der Waals surface area contributed by atoms with E-state index in [1.54, 1.807) is 0 Å². The molecule has 0 unspecified atom stereocenters. The molecule has 1 fully saturated rings. The predicted octanol–water partition coefficient (Wildman–Crippen LogP) is 5.17.